The Hall–Kier alpha value is -3.19. The molecule has 7 heteroatoms. The van der Waals surface area contributed by atoms with Crippen molar-refractivity contribution in [3.8, 4) is 17.0 Å². The number of hydrogen-bond acceptors (Lipinski definition) is 5. The third-order valence-electron chi connectivity index (χ3n) is 5.81. The molecule has 168 valence electrons. The van der Waals surface area contributed by atoms with Gasteiger partial charge in [0, 0.05) is 18.8 Å². The molecule has 32 heavy (non-hydrogen) atoms. The third kappa shape index (κ3) is 4.83. The van der Waals surface area contributed by atoms with Crippen molar-refractivity contribution >= 4 is 21.6 Å². The Morgan fingerprint density at radius 1 is 1.06 bits per heavy atom. The summed E-state index contributed by atoms with van der Waals surface area (Å²) in [6.45, 7) is 0. The van der Waals surface area contributed by atoms with Crippen LogP contribution in [0.1, 0.15) is 25.4 Å². The first-order chi connectivity index (χ1) is 15.3. The fourth-order valence-corrected chi connectivity index (χ4v) is 4.44. The molecule has 0 saturated heterocycles. The van der Waals surface area contributed by atoms with Gasteiger partial charge in [0.15, 0.2) is 0 Å². The molecule has 1 aliphatic rings. The monoisotopic (exact) mass is 452 g/mol. The van der Waals surface area contributed by atoms with Crippen molar-refractivity contribution in [2.75, 3.05) is 24.4 Å². The van der Waals surface area contributed by atoms with E-state index in [4.69, 9.17) is 4.74 Å². The molecular weight excluding hydrogens is 424 g/mol. The molecule has 0 radical (unpaired) electrons. The highest BCUT2D eigenvalue weighted by Crippen LogP contribution is 2.51. The van der Waals surface area contributed by atoms with Gasteiger partial charge in [-0.15, -0.1) is 0 Å². The standard InChI is InChI=1S/C25H26N2O4S.H2/c1-31-22-8-4-3-6-20(22)25(15-16-25)24(28)27-23-9-5-7-21(26-23)19-12-10-18(11-13-19)14-17-32(2,29)30;/h3-13H,14-17H2,1-2H3,(H,26,27,28);1H. The maximum atomic E-state index is 13.2. The van der Waals surface area contributed by atoms with E-state index in [0.29, 0.717) is 12.2 Å². The van der Waals surface area contributed by atoms with Crippen molar-refractivity contribution < 1.29 is 19.4 Å². The maximum Gasteiger partial charge on any atom is 0.236 e. The van der Waals surface area contributed by atoms with Crippen LogP contribution in [0.5, 0.6) is 5.75 Å². The average Bonchev–Trinajstić information content (AvgIpc) is 3.60. The van der Waals surface area contributed by atoms with Crippen LogP contribution in [0.15, 0.2) is 66.7 Å². The van der Waals surface area contributed by atoms with Gasteiger partial charge in [0.1, 0.15) is 21.4 Å². The summed E-state index contributed by atoms with van der Waals surface area (Å²) in [5.41, 5.74) is 2.91. The number of carbonyl (C=O) groups is 1. The Kier molecular flexibility index (Phi) is 6.02. The zero-order valence-corrected chi connectivity index (χ0v) is 19.0. The summed E-state index contributed by atoms with van der Waals surface area (Å²) >= 11 is 0. The van der Waals surface area contributed by atoms with Crippen LogP contribution in [0.3, 0.4) is 0 Å². The fraction of sp³-hybridized carbons (Fsp3) is 0.280. The normalized spacial score (nSPS) is 14.6. The number of amides is 1. The lowest BCUT2D eigenvalue weighted by atomic mass is 9.94. The molecule has 1 heterocycles. The lowest BCUT2D eigenvalue weighted by Crippen LogP contribution is -2.28. The second-order valence-electron chi connectivity index (χ2n) is 8.22. The van der Waals surface area contributed by atoms with Crippen LogP contribution in [0.2, 0.25) is 0 Å². The molecule has 0 aliphatic heterocycles. The zero-order valence-electron chi connectivity index (χ0n) is 18.2. The Balaban J connectivity index is 0.00000306. The number of hydrogen-bond donors (Lipinski definition) is 1. The van der Waals surface area contributed by atoms with Crippen LogP contribution in [0, 0.1) is 0 Å². The number of para-hydroxylation sites is 1. The Bertz CT molecular complexity index is 1240. The summed E-state index contributed by atoms with van der Waals surface area (Å²) in [7, 11) is -1.38. The molecule has 3 aromatic rings. The van der Waals surface area contributed by atoms with Gasteiger partial charge in [-0.2, -0.15) is 0 Å². The number of aryl methyl sites for hydroxylation is 1. The quantitative estimate of drug-likeness (QED) is 0.552. The van der Waals surface area contributed by atoms with E-state index in [0.717, 1.165) is 41.0 Å². The smallest absolute Gasteiger partial charge is 0.236 e. The third-order valence-corrected chi connectivity index (χ3v) is 6.75. The van der Waals surface area contributed by atoms with Gasteiger partial charge in [0.2, 0.25) is 5.91 Å². The molecule has 2 aromatic carbocycles. The first kappa shape index (κ1) is 22.0. The summed E-state index contributed by atoms with van der Waals surface area (Å²) < 4.78 is 28.2. The second kappa shape index (κ2) is 8.74. The number of pyridine rings is 1. The molecule has 1 fully saturated rings. The summed E-state index contributed by atoms with van der Waals surface area (Å²) in [6.07, 6.45) is 3.26. The highest BCUT2D eigenvalue weighted by molar-refractivity contribution is 7.90. The Labute approximate surface area is 190 Å². The number of sulfone groups is 1. The van der Waals surface area contributed by atoms with Gasteiger partial charge in [-0.05, 0) is 43.0 Å². The lowest BCUT2D eigenvalue weighted by molar-refractivity contribution is -0.118. The van der Waals surface area contributed by atoms with Gasteiger partial charge in [0.05, 0.1) is 24.0 Å². The van der Waals surface area contributed by atoms with E-state index in [-0.39, 0.29) is 13.1 Å². The predicted molar refractivity (Wildman–Crippen MR) is 128 cm³/mol. The van der Waals surface area contributed by atoms with Crippen molar-refractivity contribution in [2.45, 2.75) is 24.7 Å². The first-order valence-electron chi connectivity index (χ1n) is 10.5. The van der Waals surface area contributed by atoms with Gasteiger partial charge < -0.3 is 10.1 Å². The lowest BCUT2D eigenvalue weighted by Gasteiger charge is -2.18. The van der Waals surface area contributed by atoms with Gasteiger partial charge >= 0.3 is 0 Å². The van der Waals surface area contributed by atoms with Gasteiger partial charge in [-0.3, -0.25) is 4.79 Å². The van der Waals surface area contributed by atoms with Crippen molar-refractivity contribution in [1.82, 2.24) is 4.98 Å². The maximum absolute atomic E-state index is 13.2. The number of rotatable bonds is 8. The van der Waals surface area contributed by atoms with E-state index in [2.05, 4.69) is 10.3 Å². The van der Waals surface area contributed by atoms with Crippen LogP contribution in [0.4, 0.5) is 5.82 Å². The highest BCUT2D eigenvalue weighted by Gasteiger charge is 2.52. The van der Waals surface area contributed by atoms with Gasteiger partial charge in [-0.25, -0.2) is 13.4 Å². The molecule has 0 unspecified atom stereocenters. The molecular formula is C25H28N2O4S. The Morgan fingerprint density at radius 2 is 1.78 bits per heavy atom. The summed E-state index contributed by atoms with van der Waals surface area (Å²) in [6, 6.07) is 20.8. The van der Waals surface area contributed by atoms with Crippen LogP contribution in [-0.4, -0.2) is 38.4 Å². The average molecular weight is 453 g/mol. The molecule has 1 aliphatic carbocycles. The molecule has 1 saturated carbocycles. The molecule has 0 atom stereocenters. The number of anilines is 1. The second-order valence-corrected chi connectivity index (χ2v) is 10.5. The number of aromatic nitrogens is 1. The van der Waals surface area contributed by atoms with Crippen LogP contribution < -0.4 is 10.1 Å². The minimum atomic E-state index is -2.99. The van der Waals surface area contributed by atoms with E-state index in [1.165, 1.54) is 6.26 Å². The van der Waals surface area contributed by atoms with Crippen molar-refractivity contribution in [2.24, 2.45) is 0 Å². The van der Waals surface area contributed by atoms with Crippen LogP contribution in [0.25, 0.3) is 11.3 Å². The number of ether oxygens (including phenoxy) is 1. The molecule has 1 aromatic heterocycles. The van der Waals surface area contributed by atoms with E-state index in [9.17, 15) is 13.2 Å². The summed E-state index contributed by atoms with van der Waals surface area (Å²) in [5.74, 6) is 1.26. The molecule has 0 bridgehead atoms. The number of nitrogens with zero attached hydrogens (tertiary/aromatic N) is 1. The molecule has 4 rings (SSSR count). The molecule has 1 N–H and O–H groups in total. The SMILES string of the molecule is COc1ccccc1C1(C(=O)Nc2cccc(-c3ccc(CCS(C)(=O)=O)cc3)n2)CC1.[HH]. The molecule has 1 amide bonds. The highest BCUT2D eigenvalue weighted by atomic mass is 32.2. The van der Waals surface area contributed by atoms with Crippen molar-refractivity contribution in [1.29, 1.82) is 0 Å². The summed E-state index contributed by atoms with van der Waals surface area (Å²) in [5, 5.41) is 2.98. The number of methoxy groups -OCH3 is 1. The van der Waals surface area contributed by atoms with Gasteiger partial charge in [-0.1, -0.05) is 48.5 Å². The van der Waals surface area contributed by atoms with Crippen LogP contribution >= 0.6 is 0 Å². The van der Waals surface area contributed by atoms with Crippen molar-refractivity contribution in [3.05, 3.63) is 77.9 Å². The minimum Gasteiger partial charge on any atom is -0.496 e. The van der Waals surface area contributed by atoms with Crippen molar-refractivity contribution in [3.63, 3.8) is 0 Å². The molecule has 0 spiro atoms. The fourth-order valence-electron chi connectivity index (χ4n) is 3.83. The van der Waals surface area contributed by atoms with E-state index < -0.39 is 15.3 Å². The first-order valence-corrected chi connectivity index (χ1v) is 12.6. The topological polar surface area (TPSA) is 85.4 Å². The summed E-state index contributed by atoms with van der Waals surface area (Å²) in [4.78, 5) is 17.8. The molecule has 6 nitrogen and oxygen atoms in total. The van der Waals surface area contributed by atoms with Crippen LogP contribution in [-0.2, 0) is 26.5 Å². The van der Waals surface area contributed by atoms with E-state index in [1.807, 2.05) is 60.7 Å². The van der Waals surface area contributed by atoms with Gasteiger partial charge in [0.25, 0.3) is 0 Å². The Morgan fingerprint density at radius 3 is 2.44 bits per heavy atom. The largest absolute Gasteiger partial charge is 0.496 e. The number of benzene rings is 2. The predicted octanol–water partition coefficient (Wildman–Crippen LogP) is 4.26. The number of nitrogens with one attached hydrogen (secondary N) is 1. The van der Waals surface area contributed by atoms with E-state index in [1.54, 1.807) is 13.2 Å². The number of carbonyl (C=O) groups excluding carboxylic acids is 1. The minimum absolute atomic E-state index is 0. The zero-order chi connectivity index (χ0) is 22.8. The van der Waals surface area contributed by atoms with E-state index >= 15 is 0 Å².